The van der Waals surface area contributed by atoms with Crippen LogP contribution in [-0.4, -0.2) is 39.1 Å². The molecule has 0 aliphatic carbocycles. The molecular formula is C27H25N3O2. The molecule has 0 radical (unpaired) electrons. The Labute approximate surface area is 188 Å². The predicted molar refractivity (Wildman–Crippen MR) is 128 cm³/mol. The molecule has 4 rings (SSSR count). The number of carbonyl (C=O) groups is 1. The van der Waals surface area contributed by atoms with Crippen molar-refractivity contribution in [3.63, 3.8) is 0 Å². The molecule has 0 unspecified atom stereocenters. The van der Waals surface area contributed by atoms with Gasteiger partial charge in [-0.3, -0.25) is 4.79 Å². The smallest absolute Gasteiger partial charge is 0.203 e. The number of ketones is 1. The summed E-state index contributed by atoms with van der Waals surface area (Å²) >= 11 is 0. The van der Waals surface area contributed by atoms with Gasteiger partial charge < -0.3 is 14.5 Å². The van der Waals surface area contributed by atoms with Crippen LogP contribution in [-0.2, 0) is 0 Å². The van der Waals surface area contributed by atoms with E-state index >= 15 is 0 Å². The lowest BCUT2D eigenvalue weighted by Gasteiger charge is -2.38. The summed E-state index contributed by atoms with van der Waals surface area (Å²) in [6, 6.07) is 27.1. The molecule has 1 saturated heterocycles. The SMILES string of the molecule is COc1ccc(N2CCN(c3ccccc3C=C(C#N)C(=O)c3ccccc3)CC2)cc1. The number of ether oxygens (including phenoxy) is 1. The Bertz CT molecular complexity index is 1140. The Hall–Kier alpha value is -4.04. The van der Waals surface area contributed by atoms with Crippen LogP contribution in [0.3, 0.4) is 0 Å². The lowest BCUT2D eigenvalue weighted by Crippen LogP contribution is -2.46. The van der Waals surface area contributed by atoms with E-state index in [0.717, 1.165) is 43.2 Å². The molecule has 0 saturated carbocycles. The molecule has 1 aliphatic rings. The van der Waals surface area contributed by atoms with Crippen LogP contribution < -0.4 is 14.5 Å². The molecule has 0 aromatic heterocycles. The fourth-order valence-electron chi connectivity index (χ4n) is 3.95. The minimum atomic E-state index is -0.257. The highest BCUT2D eigenvalue weighted by Gasteiger charge is 2.20. The van der Waals surface area contributed by atoms with Crippen molar-refractivity contribution in [3.8, 4) is 11.8 Å². The number of nitrogens with zero attached hydrogens (tertiary/aromatic N) is 3. The van der Waals surface area contributed by atoms with Crippen molar-refractivity contribution in [1.82, 2.24) is 0 Å². The summed E-state index contributed by atoms with van der Waals surface area (Å²) in [6.45, 7) is 3.48. The van der Waals surface area contributed by atoms with E-state index in [2.05, 4.69) is 34.1 Å². The maximum atomic E-state index is 12.8. The van der Waals surface area contributed by atoms with Gasteiger partial charge in [0.1, 0.15) is 17.4 Å². The van der Waals surface area contributed by atoms with E-state index in [9.17, 15) is 10.1 Å². The number of benzene rings is 3. The number of hydrogen-bond donors (Lipinski definition) is 0. The quantitative estimate of drug-likeness (QED) is 0.323. The third-order valence-electron chi connectivity index (χ3n) is 5.70. The standard InChI is InChI=1S/C27H25N3O2/c1-32-25-13-11-24(12-14-25)29-15-17-30(18-16-29)26-10-6-5-9-22(26)19-23(20-28)27(31)21-7-3-2-4-8-21/h2-14,19H,15-18H2,1H3. The van der Waals surface area contributed by atoms with E-state index in [1.54, 1.807) is 37.5 Å². The number of hydrogen-bond acceptors (Lipinski definition) is 5. The maximum Gasteiger partial charge on any atom is 0.203 e. The van der Waals surface area contributed by atoms with Crippen molar-refractivity contribution in [2.45, 2.75) is 0 Å². The molecule has 0 bridgehead atoms. The Kier molecular flexibility index (Phi) is 6.52. The maximum absolute atomic E-state index is 12.8. The van der Waals surface area contributed by atoms with Crippen molar-refractivity contribution in [2.75, 3.05) is 43.1 Å². The lowest BCUT2D eigenvalue weighted by molar-refractivity contribution is 0.104. The molecule has 3 aromatic rings. The first-order valence-electron chi connectivity index (χ1n) is 10.6. The van der Waals surface area contributed by atoms with Gasteiger partial charge in [0, 0.05) is 43.1 Å². The summed E-state index contributed by atoms with van der Waals surface area (Å²) in [6.07, 6.45) is 1.71. The van der Waals surface area contributed by atoms with Crippen LogP contribution in [0.4, 0.5) is 11.4 Å². The van der Waals surface area contributed by atoms with Crippen molar-refractivity contribution in [3.05, 3.63) is 95.6 Å². The van der Waals surface area contributed by atoms with Gasteiger partial charge in [-0.1, -0.05) is 48.5 Å². The van der Waals surface area contributed by atoms with E-state index in [0.29, 0.717) is 5.56 Å². The predicted octanol–water partition coefficient (Wildman–Crippen LogP) is 4.81. The number of allylic oxidation sites excluding steroid dienone is 1. The summed E-state index contributed by atoms with van der Waals surface area (Å²) in [5.74, 6) is 0.596. The van der Waals surface area contributed by atoms with Crippen LogP contribution in [0.25, 0.3) is 6.08 Å². The molecule has 1 heterocycles. The first-order chi connectivity index (χ1) is 15.7. The van der Waals surface area contributed by atoms with E-state index in [-0.39, 0.29) is 11.4 Å². The number of rotatable bonds is 6. The number of anilines is 2. The molecular weight excluding hydrogens is 398 g/mol. The second-order valence-electron chi connectivity index (χ2n) is 7.60. The number of piperazine rings is 1. The van der Waals surface area contributed by atoms with Crippen LogP contribution in [0.1, 0.15) is 15.9 Å². The Balaban J connectivity index is 1.52. The highest BCUT2D eigenvalue weighted by molar-refractivity contribution is 6.14. The lowest BCUT2D eigenvalue weighted by atomic mass is 10.0. The Morgan fingerprint density at radius 2 is 1.50 bits per heavy atom. The third kappa shape index (κ3) is 4.65. The molecule has 1 fully saturated rings. The minimum Gasteiger partial charge on any atom is -0.497 e. The molecule has 0 spiro atoms. The van der Waals surface area contributed by atoms with Gasteiger partial charge in [0.2, 0.25) is 5.78 Å². The number of Topliss-reactive ketones (excluding diaryl/α,β-unsaturated/α-hetero) is 1. The Morgan fingerprint density at radius 1 is 0.875 bits per heavy atom. The largest absolute Gasteiger partial charge is 0.497 e. The van der Waals surface area contributed by atoms with Gasteiger partial charge in [-0.05, 0) is 42.0 Å². The zero-order valence-corrected chi connectivity index (χ0v) is 18.1. The van der Waals surface area contributed by atoms with Crippen molar-refractivity contribution in [2.24, 2.45) is 0 Å². The molecule has 3 aromatic carbocycles. The van der Waals surface area contributed by atoms with Crippen LogP contribution in [0.15, 0.2) is 84.4 Å². The first-order valence-corrected chi connectivity index (χ1v) is 10.6. The monoisotopic (exact) mass is 423 g/mol. The second kappa shape index (κ2) is 9.84. The van der Waals surface area contributed by atoms with Gasteiger partial charge in [-0.25, -0.2) is 0 Å². The van der Waals surface area contributed by atoms with E-state index in [1.165, 1.54) is 5.69 Å². The van der Waals surface area contributed by atoms with E-state index < -0.39 is 0 Å². The normalized spacial score (nSPS) is 14.1. The van der Waals surface area contributed by atoms with Gasteiger partial charge in [-0.2, -0.15) is 5.26 Å². The van der Waals surface area contributed by atoms with Gasteiger partial charge in [0.25, 0.3) is 0 Å². The second-order valence-corrected chi connectivity index (χ2v) is 7.60. The summed E-state index contributed by atoms with van der Waals surface area (Å²) in [5.41, 5.74) is 3.76. The fraction of sp³-hybridized carbons (Fsp3) is 0.185. The zero-order valence-electron chi connectivity index (χ0n) is 18.1. The van der Waals surface area contributed by atoms with Gasteiger partial charge in [0.05, 0.1) is 7.11 Å². The van der Waals surface area contributed by atoms with Crippen molar-refractivity contribution in [1.29, 1.82) is 5.26 Å². The minimum absolute atomic E-state index is 0.139. The molecule has 5 nitrogen and oxygen atoms in total. The zero-order chi connectivity index (χ0) is 22.3. The molecule has 32 heavy (non-hydrogen) atoms. The van der Waals surface area contributed by atoms with Crippen LogP contribution in [0.5, 0.6) is 5.75 Å². The highest BCUT2D eigenvalue weighted by atomic mass is 16.5. The fourth-order valence-corrected chi connectivity index (χ4v) is 3.95. The summed E-state index contributed by atoms with van der Waals surface area (Å²) in [5, 5.41) is 9.65. The number of nitriles is 1. The summed E-state index contributed by atoms with van der Waals surface area (Å²) in [4.78, 5) is 17.5. The number of methoxy groups -OCH3 is 1. The first kappa shape index (κ1) is 21.2. The summed E-state index contributed by atoms with van der Waals surface area (Å²) in [7, 11) is 1.67. The Morgan fingerprint density at radius 3 is 2.16 bits per heavy atom. The molecule has 160 valence electrons. The van der Waals surface area contributed by atoms with Gasteiger partial charge in [0.15, 0.2) is 0 Å². The average Bonchev–Trinajstić information content (AvgIpc) is 2.88. The molecule has 0 amide bonds. The summed E-state index contributed by atoms with van der Waals surface area (Å²) < 4.78 is 5.25. The number of para-hydroxylation sites is 1. The van der Waals surface area contributed by atoms with Gasteiger partial charge in [-0.15, -0.1) is 0 Å². The van der Waals surface area contributed by atoms with Crippen molar-refractivity contribution < 1.29 is 9.53 Å². The van der Waals surface area contributed by atoms with Crippen molar-refractivity contribution >= 4 is 23.2 Å². The van der Waals surface area contributed by atoms with Crippen LogP contribution in [0, 0.1) is 11.3 Å². The van der Waals surface area contributed by atoms with Crippen LogP contribution >= 0.6 is 0 Å². The molecule has 1 aliphatic heterocycles. The van der Waals surface area contributed by atoms with Crippen LogP contribution in [0.2, 0.25) is 0 Å². The number of carbonyl (C=O) groups excluding carboxylic acids is 1. The van der Waals surface area contributed by atoms with Gasteiger partial charge >= 0.3 is 0 Å². The molecule has 0 atom stereocenters. The highest BCUT2D eigenvalue weighted by Crippen LogP contribution is 2.27. The third-order valence-corrected chi connectivity index (χ3v) is 5.70. The molecule has 0 N–H and O–H groups in total. The molecule has 5 heteroatoms. The topological polar surface area (TPSA) is 56.6 Å². The average molecular weight is 424 g/mol. The van der Waals surface area contributed by atoms with E-state index in [1.807, 2.05) is 36.4 Å². The van der Waals surface area contributed by atoms with E-state index in [4.69, 9.17) is 4.74 Å².